The van der Waals surface area contributed by atoms with Gasteiger partial charge in [-0.15, -0.1) is 0 Å². The fourth-order valence-corrected chi connectivity index (χ4v) is 3.32. The minimum atomic E-state index is -4.17. The van der Waals surface area contributed by atoms with Gasteiger partial charge in [0.15, 0.2) is 0 Å². The highest BCUT2D eigenvalue weighted by molar-refractivity contribution is 5.80. The zero-order valence-electron chi connectivity index (χ0n) is 12.1. The van der Waals surface area contributed by atoms with Gasteiger partial charge >= 0.3 is 6.18 Å². The fourth-order valence-electron chi connectivity index (χ4n) is 3.32. The van der Waals surface area contributed by atoms with Crippen LogP contribution in [0.1, 0.15) is 39.5 Å². The number of carbonyl (C=O) groups excluding carboxylic acids is 1. The molecule has 1 N–H and O–H groups in total. The van der Waals surface area contributed by atoms with Gasteiger partial charge in [-0.2, -0.15) is 13.2 Å². The van der Waals surface area contributed by atoms with Gasteiger partial charge in [-0.1, -0.05) is 6.42 Å². The summed E-state index contributed by atoms with van der Waals surface area (Å²) < 4.78 is 38.5. The maximum atomic E-state index is 12.8. The molecular weight excluding hydrogens is 269 g/mol. The zero-order chi connectivity index (χ0) is 15.0. The predicted molar refractivity (Wildman–Crippen MR) is 70.2 cm³/mol. The first kappa shape index (κ1) is 15.6. The van der Waals surface area contributed by atoms with Gasteiger partial charge in [0.25, 0.3) is 0 Å². The minimum absolute atomic E-state index is 0.0393. The molecule has 0 bridgehead atoms. The van der Waals surface area contributed by atoms with Crippen molar-refractivity contribution in [3.8, 4) is 0 Å². The van der Waals surface area contributed by atoms with Crippen molar-refractivity contribution in [3.05, 3.63) is 0 Å². The van der Waals surface area contributed by atoms with Crippen LogP contribution in [0.15, 0.2) is 0 Å². The number of alkyl halides is 3. The zero-order valence-corrected chi connectivity index (χ0v) is 12.1. The number of hydrogen-bond acceptors (Lipinski definition) is 2. The summed E-state index contributed by atoms with van der Waals surface area (Å²) in [6.07, 6.45) is -2.96. The normalized spacial score (nSPS) is 31.1. The highest BCUT2D eigenvalue weighted by atomic mass is 19.4. The molecule has 0 aromatic rings. The average molecular weight is 292 g/mol. The van der Waals surface area contributed by atoms with Gasteiger partial charge in [0.2, 0.25) is 5.91 Å². The average Bonchev–Trinajstić information content (AvgIpc) is 2.37. The lowest BCUT2D eigenvalue weighted by Gasteiger charge is -2.45. The number of carbonyl (C=O) groups is 1. The Morgan fingerprint density at radius 2 is 2.00 bits per heavy atom. The van der Waals surface area contributed by atoms with Gasteiger partial charge < -0.3 is 10.2 Å². The first-order chi connectivity index (χ1) is 9.22. The molecule has 2 atom stereocenters. The van der Waals surface area contributed by atoms with Crippen molar-refractivity contribution in [1.29, 1.82) is 0 Å². The van der Waals surface area contributed by atoms with Crippen molar-refractivity contribution in [1.82, 2.24) is 10.2 Å². The summed E-state index contributed by atoms with van der Waals surface area (Å²) in [6.45, 7) is 5.90. The second kappa shape index (κ2) is 5.54. The van der Waals surface area contributed by atoms with Gasteiger partial charge in [-0.3, -0.25) is 4.79 Å². The van der Waals surface area contributed by atoms with Crippen LogP contribution in [0.5, 0.6) is 0 Å². The first-order valence-electron chi connectivity index (χ1n) is 7.31. The van der Waals surface area contributed by atoms with Crippen LogP contribution in [0.3, 0.4) is 0 Å². The molecule has 0 aromatic carbocycles. The Hall–Kier alpha value is -0.780. The van der Waals surface area contributed by atoms with E-state index in [4.69, 9.17) is 0 Å². The van der Waals surface area contributed by atoms with Crippen molar-refractivity contribution in [2.75, 3.05) is 19.6 Å². The molecule has 2 aliphatic rings. The summed E-state index contributed by atoms with van der Waals surface area (Å²) >= 11 is 0. The smallest absolute Gasteiger partial charge is 0.335 e. The molecule has 0 aromatic heterocycles. The molecule has 2 fully saturated rings. The number of hydrogen-bond donors (Lipinski definition) is 1. The van der Waals surface area contributed by atoms with Crippen LogP contribution in [-0.2, 0) is 4.79 Å². The topological polar surface area (TPSA) is 32.3 Å². The Labute approximate surface area is 117 Å². The van der Waals surface area contributed by atoms with Gasteiger partial charge in [-0.25, -0.2) is 0 Å². The summed E-state index contributed by atoms with van der Waals surface area (Å²) in [7, 11) is 0. The van der Waals surface area contributed by atoms with E-state index >= 15 is 0 Å². The predicted octanol–water partition coefficient (Wildman–Crippen LogP) is 2.57. The van der Waals surface area contributed by atoms with Crippen LogP contribution < -0.4 is 5.32 Å². The Balaban J connectivity index is 2.05. The summed E-state index contributed by atoms with van der Waals surface area (Å²) in [5, 5.41) is 3.22. The van der Waals surface area contributed by atoms with E-state index in [9.17, 15) is 18.0 Å². The van der Waals surface area contributed by atoms with E-state index in [1.54, 1.807) is 4.90 Å². The number of amides is 1. The molecule has 3 nitrogen and oxygen atoms in total. The number of halogens is 3. The van der Waals surface area contributed by atoms with Crippen molar-refractivity contribution in [3.63, 3.8) is 0 Å². The fraction of sp³-hybridized carbons (Fsp3) is 0.929. The monoisotopic (exact) mass is 292 g/mol. The van der Waals surface area contributed by atoms with Gasteiger partial charge in [0.05, 0.1) is 5.92 Å². The number of rotatable bonds is 1. The van der Waals surface area contributed by atoms with E-state index in [1.807, 2.05) is 13.8 Å². The van der Waals surface area contributed by atoms with Crippen molar-refractivity contribution < 1.29 is 18.0 Å². The quantitative estimate of drug-likeness (QED) is 0.805. The molecule has 20 heavy (non-hydrogen) atoms. The number of piperazine rings is 1. The second-order valence-electron chi connectivity index (χ2n) is 6.58. The van der Waals surface area contributed by atoms with Crippen molar-refractivity contribution in [2.45, 2.75) is 51.2 Å². The van der Waals surface area contributed by atoms with Crippen LogP contribution in [0.25, 0.3) is 0 Å². The molecule has 1 heterocycles. The summed E-state index contributed by atoms with van der Waals surface area (Å²) in [4.78, 5) is 14.3. The molecule has 1 aliphatic heterocycles. The van der Waals surface area contributed by atoms with E-state index in [0.717, 1.165) is 0 Å². The third kappa shape index (κ3) is 3.27. The van der Waals surface area contributed by atoms with Gasteiger partial charge in [-0.05, 0) is 33.1 Å². The molecule has 1 amide bonds. The third-order valence-electron chi connectivity index (χ3n) is 4.55. The van der Waals surface area contributed by atoms with E-state index in [0.29, 0.717) is 32.5 Å². The lowest BCUT2D eigenvalue weighted by atomic mass is 9.79. The number of nitrogens with zero attached hydrogens (tertiary/aromatic N) is 1. The van der Waals surface area contributed by atoms with Crippen LogP contribution in [-0.4, -0.2) is 42.2 Å². The number of nitrogens with one attached hydrogen (secondary N) is 1. The SMILES string of the molecule is CC1(C)CNCCN1C(=O)C1CCCC(C(F)(F)F)C1. The molecule has 116 valence electrons. The van der Waals surface area contributed by atoms with Crippen LogP contribution in [0.2, 0.25) is 0 Å². The third-order valence-corrected chi connectivity index (χ3v) is 4.55. The van der Waals surface area contributed by atoms with Crippen molar-refractivity contribution >= 4 is 5.91 Å². The molecule has 2 unspecified atom stereocenters. The maximum Gasteiger partial charge on any atom is 0.391 e. The summed E-state index contributed by atoms with van der Waals surface area (Å²) in [5.41, 5.74) is -0.319. The Morgan fingerprint density at radius 3 is 2.60 bits per heavy atom. The van der Waals surface area contributed by atoms with Gasteiger partial charge in [0, 0.05) is 31.1 Å². The first-order valence-corrected chi connectivity index (χ1v) is 7.31. The summed E-state index contributed by atoms with van der Waals surface area (Å²) in [6, 6.07) is 0. The molecule has 1 saturated carbocycles. The van der Waals surface area contributed by atoms with E-state index in [-0.39, 0.29) is 24.3 Å². The maximum absolute atomic E-state index is 12.8. The molecule has 1 aliphatic carbocycles. The Kier molecular flexibility index (Phi) is 4.33. The van der Waals surface area contributed by atoms with Crippen LogP contribution in [0.4, 0.5) is 13.2 Å². The minimum Gasteiger partial charge on any atom is -0.335 e. The highest BCUT2D eigenvalue weighted by Gasteiger charge is 2.45. The lowest BCUT2D eigenvalue weighted by Crippen LogP contribution is -2.61. The lowest BCUT2D eigenvalue weighted by molar-refractivity contribution is -0.187. The Bertz CT molecular complexity index is 368. The standard InChI is InChI=1S/C14H23F3N2O/c1-13(2)9-18-6-7-19(13)12(20)10-4-3-5-11(8-10)14(15,16)17/h10-11,18H,3-9H2,1-2H3. The molecule has 6 heteroatoms. The summed E-state index contributed by atoms with van der Waals surface area (Å²) in [5.74, 6) is -1.87. The van der Waals surface area contributed by atoms with Crippen molar-refractivity contribution in [2.24, 2.45) is 11.8 Å². The van der Waals surface area contributed by atoms with E-state index < -0.39 is 18.0 Å². The van der Waals surface area contributed by atoms with E-state index in [1.165, 1.54) is 0 Å². The molecule has 0 spiro atoms. The van der Waals surface area contributed by atoms with Crippen LogP contribution >= 0.6 is 0 Å². The van der Waals surface area contributed by atoms with Crippen LogP contribution in [0, 0.1) is 11.8 Å². The molecule has 0 radical (unpaired) electrons. The molecular formula is C14H23F3N2O. The highest BCUT2D eigenvalue weighted by Crippen LogP contribution is 2.41. The Morgan fingerprint density at radius 1 is 1.30 bits per heavy atom. The largest absolute Gasteiger partial charge is 0.391 e. The molecule has 2 rings (SSSR count). The van der Waals surface area contributed by atoms with E-state index in [2.05, 4.69) is 5.32 Å². The van der Waals surface area contributed by atoms with Gasteiger partial charge in [0.1, 0.15) is 0 Å². The second-order valence-corrected chi connectivity index (χ2v) is 6.58. The molecule has 1 saturated heterocycles.